The predicted molar refractivity (Wildman–Crippen MR) is 198 cm³/mol. The summed E-state index contributed by atoms with van der Waals surface area (Å²) in [4.78, 5) is 28.7. The molecule has 256 valence electrons. The minimum Gasteiger partial charge on any atom is -0.465 e. The number of nitrogens with zero attached hydrogens (tertiary/aromatic N) is 6. The lowest BCUT2D eigenvalue weighted by atomic mass is 9.71. The molecule has 2 aromatic heterocycles. The Labute approximate surface area is 298 Å². The van der Waals surface area contributed by atoms with Crippen molar-refractivity contribution in [1.82, 2.24) is 30.0 Å². The maximum atomic E-state index is 17.3. The number of amides is 1. The Morgan fingerprint density at radius 2 is 1.88 bits per heavy atom. The van der Waals surface area contributed by atoms with Gasteiger partial charge in [0.15, 0.2) is 5.82 Å². The summed E-state index contributed by atoms with van der Waals surface area (Å²) in [6.45, 7) is 14.7. The molecule has 3 aliphatic rings. The van der Waals surface area contributed by atoms with Gasteiger partial charge in [-0.25, -0.2) is 14.2 Å². The SMILES string of the molecule is Cc1ccc2[nH]nc(I)c2c1-c1c(Cl)cc2c(N3C[C@@](C)(C(C)(C)C)N(C(=O)O)C[C@@H]3C)nc(NC3CCN(C4CC4)CC3)nc2c1F. The maximum Gasteiger partial charge on any atom is 0.407 e. The average Bonchev–Trinajstić information content (AvgIpc) is 3.81. The van der Waals surface area contributed by atoms with Crippen LogP contribution in [-0.4, -0.2) is 91.0 Å². The average molecular weight is 789 g/mol. The van der Waals surface area contributed by atoms with E-state index in [4.69, 9.17) is 21.6 Å². The Kier molecular flexibility index (Phi) is 8.46. The molecular formula is C35H43ClFIN8O2. The van der Waals surface area contributed by atoms with Crippen LogP contribution in [-0.2, 0) is 0 Å². The van der Waals surface area contributed by atoms with E-state index in [1.807, 2.05) is 32.9 Å². The first-order valence-corrected chi connectivity index (χ1v) is 18.2. The molecule has 3 fully saturated rings. The third-order valence-corrected chi connectivity index (χ3v) is 12.2. The quantitative estimate of drug-likeness (QED) is 0.175. The number of benzene rings is 2. The number of nitrogens with one attached hydrogen (secondary N) is 2. The lowest BCUT2D eigenvalue weighted by molar-refractivity contribution is -0.00146. The van der Waals surface area contributed by atoms with Crippen molar-refractivity contribution in [2.24, 2.45) is 5.41 Å². The number of hydrogen-bond donors (Lipinski definition) is 3. The fourth-order valence-corrected chi connectivity index (χ4v) is 8.54. The molecule has 13 heteroatoms. The predicted octanol–water partition coefficient (Wildman–Crippen LogP) is 7.91. The Morgan fingerprint density at radius 1 is 1.17 bits per heavy atom. The van der Waals surface area contributed by atoms with Crippen LogP contribution in [0.3, 0.4) is 0 Å². The van der Waals surface area contributed by atoms with Gasteiger partial charge in [-0.3, -0.25) is 10.00 Å². The number of piperidine rings is 1. The molecule has 2 saturated heterocycles. The van der Waals surface area contributed by atoms with Gasteiger partial charge in [0.1, 0.15) is 15.0 Å². The first-order valence-electron chi connectivity index (χ1n) is 16.8. The summed E-state index contributed by atoms with van der Waals surface area (Å²) in [5, 5.41) is 22.8. The smallest absolute Gasteiger partial charge is 0.407 e. The fourth-order valence-electron chi connectivity index (χ4n) is 7.58. The van der Waals surface area contributed by atoms with Gasteiger partial charge >= 0.3 is 6.09 Å². The number of anilines is 2. The van der Waals surface area contributed by atoms with Crippen LogP contribution >= 0.6 is 34.2 Å². The van der Waals surface area contributed by atoms with E-state index in [9.17, 15) is 9.90 Å². The number of likely N-dealkylation sites (tertiary alicyclic amines) is 1. The van der Waals surface area contributed by atoms with Crippen LogP contribution in [0.4, 0.5) is 21.0 Å². The van der Waals surface area contributed by atoms with E-state index in [0.717, 1.165) is 52.1 Å². The zero-order chi connectivity index (χ0) is 34.3. The van der Waals surface area contributed by atoms with Crippen molar-refractivity contribution in [3.8, 4) is 11.1 Å². The maximum absolute atomic E-state index is 17.3. The molecule has 1 saturated carbocycles. The van der Waals surface area contributed by atoms with Crippen LogP contribution in [0.5, 0.6) is 0 Å². The molecule has 2 atom stereocenters. The van der Waals surface area contributed by atoms with Gasteiger partial charge in [0.05, 0.1) is 16.1 Å². The molecule has 4 heterocycles. The number of halogens is 3. The first kappa shape index (κ1) is 33.5. The van der Waals surface area contributed by atoms with E-state index in [1.54, 1.807) is 11.0 Å². The van der Waals surface area contributed by atoms with Gasteiger partial charge in [-0.15, -0.1) is 0 Å². The summed E-state index contributed by atoms with van der Waals surface area (Å²) in [6.07, 6.45) is 3.52. The molecule has 3 N–H and O–H groups in total. The Balaban J connectivity index is 1.39. The van der Waals surface area contributed by atoms with Gasteiger partial charge in [-0.2, -0.15) is 10.1 Å². The number of hydrogen-bond acceptors (Lipinski definition) is 7. The normalized spacial score (nSPS) is 23.0. The number of H-pyrrole nitrogens is 1. The highest BCUT2D eigenvalue weighted by molar-refractivity contribution is 14.1. The topological polar surface area (TPSA) is 114 Å². The van der Waals surface area contributed by atoms with Gasteiger partial charge in [-0.1, -0.05) is 38.4 Å². The lowest BCUT2D eigenvalue weighted by Crippen LogP contribution is -2.70. The van der Waals surface area contributed by atoms with Gasteiger partial charge in [0.25, 0.3) is 0 Å². The molecule has 0 unspecified atom stereocenters. The van der Waals surface area contributed by atoms with Crippen molar-refractivity contribution in [2.45, 2.75) is 90.9 Å². The second-order valence-electron chi connectivity index (χ2n) is 15.1. The van der Waals surface area contributed by atoms with E-state index >= 15 is 4.39 Å². The van der Waals surface area contributed by atoms with Crippen molar-refractivity contribution in [3.63, 3.8) is 0 Å². The molecular weight excluding hydrogens is 746 g/mol. The minimum absolute atomic E-state index is 0.157. The summed E-state index contributed by atoms with van der Waals surface area (Å²) in [7, 11) is 0. The number of aromatic nitrogens is 4. The second kappa shape index (κ2) is 12.1. The van der Waals surface area contributed by atoms with Crippen molar-refractivity contribution in [3.05, 3.63) is 38.3 Å². The third kappa shape index (κ3) is 5.65. The number of aromatic amines is 1. The monoisotopic (exact) mass is 788 g/mol. The third-order valence-electron chi connectivity index (χ3n) is 11.1. The Bertz CT molecular complexity index is 1920. The van der Waals surface area contributed by atoms with Gasteiger partial charge < -0.3 is 20.2 Å². The van der Waals surface area contributed by atoms with Gasteiger partial charge in [0, 0.05) is 66.2 Å². The standard InChI is InChI=1S/C35H43ClFIN8O2/c1-18-7-10-24-27(30(38)43-42-24)25(18)26-23(36)15-22-29(28(26)37)40-32(39-20-11-13-44(14-12-20)21-8-9-21)41-31(22)45-17-35(6,34(3,4)5)46(33(47)48)16-19(45)2/h7,10,15,19-21H,8-9,11-14,16-17H2,1-6H3,(H,42,43)(H,47,48)(H,39,40,41)/t19-,35-/m0/s1. The van der Waals surface area contributed by atoms with Crippen LogP contribution < -0.4 is 10.2 Å². The summed E-state index contributed by atoms with van der Waals surface area (Å²) in [5.41, 5.74) is 1.64. The van der Waals surface area contributed by atoms with E-state index in [2.05, 4.69) is 68.7 Å². The number of rotatable bonds is 5. The molecule has 7 rings (SSSR count). The summed E-state index contributed by atoms with van der Waals surface area (Å²) in [6, 6.07) is 6.30. The second-order valence-corrected chi connectivity index (χ2v) is 16.5. The van der Waals surface area contributed by atoms with Crippen molar-refractivity contribution < 1.29 is 14.3 Å². The summed E-state index contributed by atoms with van der Waals surface area (Å²) >= 11 is 9.22. The van der Waals surface area contributed by atoms with Crippen LogP contribution in [0.25, 0.3) is 32.9 Å². The van der Waals surface area contributed by atoms with Gasteiger partial charge in [-0.05, 0) is 92.2 Å². The van der Waals surface area contributed by atoms with E-state index in [0.29, 0.717) is 29.3 Å². The molecule has 48 heavy (non-hydrogen) atoms. The van der Waals surface area contributed by atoms with Crippen molar-refractivity contribution in [2.75, 3.05) is 36.4 Å². The fraction of sp³-hybridized carbons (Fsp3) is 0.543. The van der Waals surface area contributed by atoms with Crippen molar-refractivity contribution in [1.29, 1.82) is 0 Å². The zero-order valence-electron chi connectivity index (χ0n) is 28.3. The molecule has 1 amide bonds. The number of carbonyl (C=O) groups is 1. The summed E-state index contributed by atoms with van der Waals surface area (Å²) in [5.74, 6) is 0.398. The highest BCUT2D eigenvalue weighted by atomic mass is 127. The van der Waals surface area contributed by atoms with Gasteiger partial charge in [0.2, 0.25) is 5.95 Å². The number of aryl methyl sites for hydroxylation is 1. The molecule has 0 spiro atoms. The van der Waals surface area contributed by atoms with E-state index in [-0.39, 0.29) is 34.7 Å². The van der Waals surface area contributed by atoms with Crippen LogP contribution in [0.2, 0.25) is 5.02 Å². The largest absolute Gasteiger partial charge is 0.465 e. The molecule has 10 nitrogen and oxygen atoms in total. The number of fused-ring (bicyclic) bond motifs is 2. The first-order chi connectivity index (χ1) is 22.7. The minimum atomic E-state index is -0.955. The van der Waals surface area contributed by atoms with Crippen LogP contribution in [0.1, 0.15) is 65.9 Å². The van der Waals surface area contributed by atoms with E-state index in [1.165, 1.54) is 12.8 Å². The number of piperazine rings is 1. The van der Waals surface area contributed by atoms with E-state index < -0.39 is 22.9 Å². The highest BCUT2D eigenvalue weighted by Gasteiger charge is 2.51. The highest BCUT2D eigenvalue weighted by Crippen LogP contribution is 2.46. The zero-order valence-corrected chi connectivity index (χ0v) is 31.2. The lowest BCUT2D eigenvalue weighted by Gasteiger charge is -2.56. The molecule has 1 aliphatic carbocycles. The molecule has 2 aromatic carbocycles. The van der Waals surface area contributed by atoms with Crippen LogP contribution in [0.15, 0.2) is 18.2 Å². The van der Waals surface area contributed by atoms with Crippen molar-refractivity contribution >= 4 is 73.9 Å². The molecule has 2 aliphatic heterocycles. The molecule has 0 radical (unpaired) electrons. The summed E-state index contributed by atoms with van der Waals surface area (Å²) < 4.78 is 18.0. The molecule has 4 aromatic rings. The Morgan fingerprint density at radius 3 is 2.52 bits per heavy atom. The van der Waals surface area contributed by atoms with Crippen LogP contribution in [0, 0.1) is 21.9 Å². The number of carboxylic acid groups (broad SMARTS) is 1. The Hall–Kier alpha value is -2.97. The molecule has 0 bridgehead atoms.